The van der Waals surface area contributed by atoms with E-state index >= 15 is 0 Å². The van der Waals surface area contributed by atoms with Crippen molar-refractivity contribution in [1.82, 2.24) is 0 Å². The molecule has 0 radical (unpaired) electrons. The van der Waals surface area contributed by atoms with Gasteiger partial charge in [-0.05, 0) is 6.08 Å². The fourth-order valence-electron chi connectivity index (χ4n) is 3.83. The van der Waals surface area contributed by atoms with E-state index in [0.29, 0.717) is 0 Å². The Morgan fingerprint density at radius 2 is 1.62 bits per heavy atom. The summed E-state index contributed by atoms with van der Waals surface area (Å²) < 4.78 is 16.0. The van der Waals surface area contributed by atoms with Crippen LogP contribution in [0.1, 0.15) is 0 Å². The van der Waals surface area contributed by atoms with Gasteiger partial charge in [0, 0.05) is 5.92 Å². The molecular formula is C15H24O11. The summed E-state index contributed by atoms with van der Waals surface area (Å²) in [5, 5.41) is 79.2. The lowest BCUT2D eigenvalue weighted by Gasteiger charge is -2.43. The summed E-state index contributed by atoms with van der Waals surface area (Å²) in [5.41, 5.74) is -2.15. The highest BCUT2D eigenvalue weighted by atomic mass is 16.8. The summed E-state index contributed by atoms with van der Waals surface area (Å²) in [6, 6.07) is 0. The highest BCUT2D eigenvalue weighted by Crippen LogP contribution is 2.47. The van der Waals surface area contributed by atoms with Crippen molar-refractivity contribution < 1.29 is 55.1 Å². The Hall–Kier alpha value is -0.860. The Balaban J connectivity index is 1.82. The third kappa shape index (κ3) is 2.94. The average Bonchev–Trinajstić information content (AvgIpc) is 2.85. The zero-order chi connectivity index (χ0) is 19.2. The van der Waals surface area contributed by atoms with Gasteiger partial charge in [0.15, 0.2) is 6.29 Å². The Morgan fingerprint density at radius 3 is 2.23 bits per heavy atom. The van der Waals surface area contributed by atoms with E-state index in [9.17, 15) is 40.9 Å². The molecule has 2 aliphatic heterocycles. The molecule has 11 atom stereocenters. The van der Waals surface area contributed by atoms with E-state index in [1.165, 1.54) is 12.3 Å². The molecule has 8 N–H and O–H groups in total. The van der Waals surface area contributed by atoms with E-state index in [0.717, 1.165) is 0 Å². The van der Waals surface area contributed by atoms with Gasteiger partial charge < -0.3 is 55.1 Å². The molecule has 1 saturated heterocycles. The third-order valence-corrected chi connectivity index (χ3v) is 5.40. The lowest BCUT2D eigenvalue weighted by atomic mass is 9.83. The first-order valence-corrected chi connectivity index (χ1v) is 8.23. The fourth-order valence-corrected chi connectivity index (χ4v) is 3.83. The molecule has 11 heteroatoms. The highest BCUT2D eigenvalue weighted by Gasteiger charge is 2.63. The molecule has 0 amide bonds. The maximum Gasteiger partial charge on any atom is 0.208 e. The van der Waals surface area contributed by atoms with Crippen molar-refractivity contribution in [2.75, 3.05) is 13.2 Å². The first-order chi connectivity index (χ1) is 12.3. The Labute approximate surface area is 148 Å². The van der Waals surface area contributed by atoms with E-state index in [1.807, 2.05) is 0 Å². The standard InChI is InChI=1S/C15H24O11/c16-3-6-9(19)10(20)11(21)14(25-6)26-13-7-5(1-2-24-13)8(18)12(22)15(7,23)4-17/h1-2,5-14,16-23H,3-4H2/t5-,6-,7-,8+,9-,10+,11-,12-,13+,14+,15-/m1/s1. The second kappa shape index (κ2) is 7.28. The lowest BCUT2D eigenvalue weighted by molar-refractivity contribution is -0.348. The molecule has 26 heavy (non-hydrogen) atoms. The summed E-state index contributed by atoms with van der Waals surface area (Å²) in [6.07, 6.45) is -9.53. The minimum atomic E-state index is -2.15. The van der Waals surface area contributed by atoms with Crippen LogP contribution in [-0.4, -0.2) is 109 Å². The number of ether oxygens (including phenoxy) is 3. The second-order valence-electron chi connectivity index (χ2n) is 6.85. The van der Waals surface area contributed by atoms with Crippen LogP contribution >= 0.6 is 0 Å². The van der Waals surface area contributed by atoms with Gasteiger partial charge in [-0.2, -0.15) is 0 Å². The van der Waals surface area contributed by atoms with Crippen LogP contribution in [0, 0.1) is 11.8 Å². The summed E-state index contributed by atoms with van der Waals surface area (Å²) in [6.45, 7) is -1.54. The van der Waals surface area contributed by atoms with Gasteiger partial charge in [-0.15, -0.1) is 0 Å². The molecule has 3 rings (SSSR count). The van der Waals surface area contributed by atoms with E-state index in [4.69, 9.17) is 14.2 Å². The lowest BCUT2D eigenvalue weighted by Crippen LogP contribution is -2.61. The van der Waals surface area contributed by atoms with E-state index in [-0.39, 0.29) is 0 Å². The Morgan fingerprint density at radius 1 is 0.923 bits per heavy atom. The zero-order valence-corrected chi connectivity index (χ0v) is 13.6. The SMILES string of the molecule is OC[C@H]1O[C@@H](O[C@@H]2OC=C[C@H]3[C@H](O)[C@@H](O)[C@@](O)(CO)[C@@H]23)[C@H](O)[C@@H](O)[C@@H]1O. The van der Waals surface area contributed by atoms with Crippen LogP contribution in [0.2, 0.25) is 0 Å². The number of fused-ring (bicyclic) bond motifs is 1. The maximum absolute atomic E-state index is 10.6. The van der Waals surface area contributed by atoms with Crippen molar-refractivity contribution in [2.45, 2.75) is 54.8 Å². The van der Waals surface area contributed by atoms with Crippen molar-refractivity contribution in [2.24, 2.45) is 11.8 Å². The Kier molecular flexibility index (Phi) is 5.57. The van der Waals surface area contributed by atoms with Gasteiger partial charge in [-0.1, -0.05) is 0 Å². The summed E-state index contributed by atoms with van der Waals surface area (Å²) in [7, 11) is 0. The molecule has 0 aromatic heterocycles. The molecule has 2 heterocycles. The van der Waals surface area contributed by atoms with Crippen LogP contribution in [0.25, 0.3) is 0 Å². The number of aliphatic hydroxyl groups is 8. The molecule has 11 nitrogen and oxygen atoms in total. The van der Waals surface area contributed by atoms with Gasteiger partial charge in [0.05, 0.1) is 31.5 Å². The average molecular weight is 380 g/mol. The first kappa shape index (κ1) is 19.9. The molecule has 0 unspecified atom stereocenters. The van der Waals surface area contributed by atoms with Crippen molar-refractivity contribution >= 4 is 0 Å². The normalized spacial score (nSPS) is 54.0. The van der Waals surface area contributed by atoms with E-state index in [2.05, 4.69) is 0 Å². The minimum Gasteiger partial charge on any atom is -0.472 e. The molecule has 0 spiro atoms. The van der Waals surface area contributed by atoms with Gasteiger partial charge in [0.1, 0.15) is 36.1 Å². The molecule has 1 aliphatic carbocycles. The summed E-state index contributed by atoms with van der Waals surface area (Å²) >= 11 is 0. The number of hydrogen-bond donors (Lipinski definition) is 8. The van der Waals surface area contributed by atoms with Gasteiger partial charge in [0.25, 0.3) is 0 Å². The highest BCUT2D eigenvalue weighted by molar-refractivity contribution is 5.16. The molecule has 3 aliphatic rings. The zero-order valence-electron chi connectivity index (χ0n) is 13.6. The molecule has 1 saturated carbocycles. The number of aliphatic hydroxyl groups excluding tert-OH is 7. The predicted octanol–water partition coefficient (Wildman–Crippen LogP) is -4.64. The quantitative estimate of drug-likeness (QED) is 0.234. The van der Waals surface area contributed by atoms with Crippen molar-refractivity contribution in [3.05, 3.63) is 12.3 Å². The topological polar surface area (TPSA) is 190 Å². The number of hydrogen-bond acceptors (Lipinski definition) is 11. The molecule has 0 bridgehead atoms. The molecule has 150 valence electrons. The second-order valence-corrected chi connectivity index (χ2v) is 6.85. The number of rotatable bonds is 4. The Bertz CT molecular complexity index is 528. The van der Waals surface area contributed by atoms with Crippen molar-refractivity contribution in [3.63, 3.8) is 0 Å². The summed E-state index contributed by atoms with van der Waals surface area (Å²) in [4.78, 5) is 0. The van der Waals surface area contributed by atoms with E-state index in [1.54, 1.807) is 0 Å². The largest absolute Gasteiger partial charge is 0.472 e. The molecule has 0 aromatic rings. The van der Waals surface area contributed by atoms with Crippen molar-refractivity contribution in [1.29, 1.82) is 0 Å². The van der Waals surface area contributed by atoms with E-state index < -0.39 is 79.9 Å². The van der Waals surface area contributed by atoms with Crippen LogP contribution in [0.3, 0.4) is 0 Å². The minimum absolute atomic E-state index is 0.652. The molecular weight excluding hydrogens is 356 g/mol. The monoisotopic (exact) mass is 380 g/mol. The van der Waals surface area contributed by atoms with Crippen molar-refractivity contribution in [3.8, 4) is 0 Å². The van der Waals surface area contributed by atoms with Crippen LogP contribution in [0.4, 0.5) is 0 Å². The van der Waals surface area contributed by atoms with Crippen LogP contribution < -0.4 is 0 Å². The fraction of sp³-hybridized carbons (Fsp3) is 0.867. The van der Waals surface area contributed by atoms with Crippen LogP contribution in [-0.2, 0) is 14.2 Å². The maximum atomic E-state index is 10.6. The van der Waals surface area contributed by atoms with Crippen LogP contribution in [0.5, 0.6) is 0 Å². The van der Waals surface area contributed by atoms with Gasteiger partial charge in [0.2, 0.25) is 6.29 Å². The first-order valence-electron chi connectivity index (χ1n) is 8.23. The third-order valence-electron chi connectivity index (χ3n) is 5.40. The smallest absolute Gasteiger partial charge is 0.208 e. The van der Waals surface area contributed by atoms with Gasteiger partial charge >= 0.3 is 0 Å². The molecule has 2 fully saturated rings. The molecule has 0 aromatic carbocycles. The summed E-state index contributed by atoms with van der Waals surface area (Å²) in [5.74, 6) is -1.93. The van der Waals surface area contributed by atoms with Gasteiger partial charge in [-0.25, -0.2) is 0 Å². The predicted molar refractivity (Wildman–Crippen MR) is 79.9 cm³/mol. The van der Waals surface area contributed by atoms with Gasteiger partial charge in [-0.3, -0.25) is 0 Å². The van der Waals surface area contributed by atoms with Crippen LogP contribution in [0.15, 0.2) is 12.3 Å².